The fourth-order valence-corrected chi connectivity index (χ4v) is 2.92. The molecule has 1 aliphatic carbocycles. The van der Waals surface area contributed by atoms with Gasteiger partial charge in [-0.2, -0.15) is 0 Å². The number of fused-ring (bicyclic) bond motifs is 1. The van der Waals surface area contributed by atoms with E-state index in [2.05, 4.69) is 48.6 Å². The first kappa shape index (κ1) is 12.5. The molecule has 0 radical (unpaired) electrons. The van der Waals surface area contributed by atoms with Gasteiger partial charge in [-0.3, -0.25) is 0 Å². The first-order valence-corrected chi connectivity index (χ1v) is 7.14. The largest absolute Gasteiger partial charge is 0.496 e. The summed E-state index contributed by atoms with van der Waals surface area (Å²) >= 11 is 0. The zero-order valence-corrected chi connectivity index (χ0v) is 11.6. The Balaban J connectivity index is 2.12. The molecule has 1 atom stereocenters. The summed E-state index contributed by atoms with van der Waals surface area (Å²) < 4.78 is 5.48. The minimum Gasteiger partial charge on any atom is -0.496 e. The predicted octanol–water partition coefficient (Wildman–Crippen LogP) is 3.91. The van der Waals surface area contributed by atoms with Crippen LogP contribution in [0.1, 0.15) is 31.4 Å². The minimum atomic E-state index is 0.487. The Morgan fingerprint density at radius 2 is 1.89 bits per heavy atom. The fraction of sp³-hybridized carbons (Fsp3) is 0.412. The molecule has 0 amide bonds. The first-order chi connectivity index (χ1) is 9.35. The Morgan fingerprint density at radius 1 is 1.16 bits per heavy atom. The quantitative estimate of drug-likeness (QED) is 0.874. The lowest BCUT2D eigenvalue weighted by atomic mass is 9.95. The van der Waals surface area contributed by atoms with Crippen molar-refractivity contribution in [3.05, 3.63) is 42.0 Å². The molecule has 0 aromatic heterocycles. The molecule has 2 aromatic rings. The van der Waals surface area contributed by atoms with Crippen molar-refractivity contribution in [1.82, 2.24) is 5.32 Å². The van der Waals surface area contributed by atoms with Crippen molar-refractivity contribution in [2.45, 2.75) is 25.8 Å². The number of hydrogen-bond donors (Lipinski definition) is 1. The number of hydrogen-bond acceptors (Lipinski definition) is 2. The van der Waals surface area contributed by atoms with Gasteiger partial charge >= 0.3 is 0 Å². The summed E-state index contributed by atoms with van der Waals surface area (Å²) in [5, 5.41) is 6.18. The van der Waals surface area contributed by atoms with Crippen LogP contribution in [-0.4, -0.2) is 13.7 Å². The average molecular weight is 255 g/mol. The van der Waals surface area contributed by atoms with Crippen molar-refractivity contribution in [3.8, 4) is 5.75 Å². The maximum Gasteiger partial charge on any atom is 0.126 e. The fourth-order valence-electron chi connectivity index (χ4n) is 2.92. The Morgan fingerprint density at radius 3 is 2.53 bits per heavy atom. The van der Waals surface area contributed by atoms with E-state index >= 15 is 0 Å². The van der Waals surface area contributed by atoms with Gasteiger partial charge in [0.05, 0.1) is 7.11 Å². The van der Waals surface area contributed by atoms with Gasteiger partial charge in [0.15, 0.2) is 0 Å². The molecule has 1 unspecified atom stereocenters. The lowest BCUT2D eigenvalue weighted by Crippen LogP contribution is -2.22. The Kier molecular flexibility index (Phi) is 3.43. The molecule has 1 N–H and O–H groups in total. The van der Waals surface area contributed by atoms with E-state index in [0.717, 1.165) is 18.2 Å². The van der Waals surface area contributed by atoms with Crippen molar-refractivity contribution >= 4 is 10.8 Å². The predicted molar refractivity (Wildman–Crippen MR) is 79.6 cm³/mol. The standard InChI is InChI=1S/C17H21NO/c1-3-18-17(12-8-9-12)15-10-11-16(19-2)14-7-5-4-6-13(14)15/h4-7,10-12,17-18H,3,8-9H2,1-2H3. The van der Waals surface area contributed by atoms with Gasteiger partial charge in [0.1, 0.15) is 5.75 Å². The number of methoxy groups -OCH3 is 1. The molecule has 3 rings (SSSR count). The van der Waals surface area contributed by atoms with Crippen LogP contribution in [0.2, 0.25) is 0 Å². The number of ether oxygens (including phenoxy) is 1. The SMILES string of the molecule is CCNC(c1ccc(OC)c2ccccc12)C1CC1. The molecule has 1 fully saturated rings. The molecule has 19 heavy (non-hydrogen) atoms. The van der Waals surface area contributed by atoms with E-state index < -0.39 is 0 Å². The van der Waals surface area contributed by atoms with E-state index in [1.807, 2.05) is 0 Å². The van der Waals surface area contributed by atoms with E-state index in [4.69, 9.17) is 4.74 Å². The summed E-state index contributed by atoms with van der Waals surface area (Å²) in [6.45, 7) is 3.20. The lowest BCUT2D eigenvalue weighted by molar-refractivity contribution is 0.419. The van der Waals surface area contributed by atoms with Crippen LogP contribution in [0.3, 0.4) is 0 Å². The maximum atomic E-state index is 5.48. The molecule has 0 bridgehead atoms. The van der Waals surface area contributed by atoms with Gasteiger partial charge in [-0.15, -0.1) is 0 Å². The number of nitrogens with one attached hydrogen (secondary N) is 1. The van der Waals surface area contributed by atoms with Crippen LogP contribution >= 0.6 is 0 Å². The second-order valence-electron chi connectivity index (χ2n) is 5.28. The summed E-state index contributed by atoms with van der Waals surface area (Å²) in [5.41, 5.74) is 1.42. The van der Waals surface area contributed by atoms with Crippen LogP contribution < -0.4 is 10.1 Å². The van der Waals surface area contributed by atoms with Gasteiger partial charge in [0, 0.05) is 11.4 Å². The first-order valence-electron chi connectivity index (χ1n) is 7.14. The zero-order chi connectivity index (χ0) is 13.2. The molecule has 2 aromatic carbocycles. The van der Waals surface area contributed by atoms with Crippen molar-refractivity contribution < 1.29 is 4.74 Å². The summed E-state index contributed by atoms with van der Waals surface area (Å²) in [6, 6.07) is 13.4. The van der Waals surface area contributed by atoms with E-state index in [-0.39, 0.29) is 0 Å². The normalized spacial score (nSPS) is 16.5. The molecule has 1 aliphatic rings. The molecule has 0 spiro atoms. The molecule has 0 aliphatic heterocycles. The monoisotopic (exact) mass is 255 g/mol. The zero-order valence-electron chi connectivity index (χ0n) is 11.6. The van der Waals surface area contributed by atoms with Crippen LogP contribution in [0.5, 0.6) is 5.75 Å². The van der Waals surface area contributed by atoms with Crippen LogP contribution in [0.4, 0.5) is 0 Å². The number of benzene rings is 2. The van der Waals surface area contributed by atoms with Crippen LogP contribution in [0, 0.1) is 5.92 Å². The summed E-state index contributed by atoms with van der Waals surface area (Å²) in [7, 11) is 1.74. The van der Waals surface area contributed by atoms with Crippen LogP contribution in [-0.2, 0) is 0 Å². The average Bonchev–Trinajstić information content (AvgIpc) is 3.28. The maximum absolute atomic E-state index is 5.48. The van der Waals surface area contributed by atoms with E-state index in [1.54, 1.807) is 7.11 Å². The van der Waals surface area contributed by atoms with Gasteiger partial charge in [0.25, 0.3) is 0 Å². The summed E-state index contributed by atoms with van der Waals surface area (Å²) in [6.07, 6.45) is 2.69. The third-order valence-electron chi connectivity index (χ3n) is 3.99. The molecule has 100 valence electrons. The Bertz CT molecular complexity index is 574. The van der Waals surface area contributed by atoms with Gasteiger partial charge in [0.2, 0.25) is 0 Å². The minimum absolute atomic E-state index is 0.487. The molecule has 2 nitrogen and oxygen atoms in total. The lowest BCUT2D eigenvalue weighted by Gasteiger charge is -2.20. The van der Waals surface area contributed by atoms with Crippen LogP contribution in [0.15, 0.2) is 36.4 Å². The van der Waals surface area contributed by atoms with E-state index in [0.29, 0.717) is 6.04 Å². The highest BCUT2D eigenvalue weighted by Gasteiger charge is 2.32. The third kappa shape index (κ3) is 2.33. The van der Waals surface area contributed by atoms with Crippen LogP contribution in [0.25, 0.3) is 10.8 Å². The van der Waals surface area contributed by atoms with Gasteiger partial charge in [-0.25, -0.2) is 0 Å². The van der Waals surface area contributed by atoms with Crippen molar-refractivity contribution in [1.29, 1.82) is 0 Å². The molecule has 2 heteroatoms. The topological polar surface area (TPSA) is 21.3 Å². The molecule has 1 saturated carbocycles. The van der Waals surface area contributed by atoms with E-state index in [9.17, 15) is 0 Å². The molecule has 0 heterocycles. The van der Waals surface area contributed by atoms with Crippen molar-refractivity contribution in [2.24, 2.45) is 5.92 Å². The second-order valence-corrected chi connectivity index (χ2v) is 5.28. The highest BCUT2D eigenvalue weighted by atomic mass is 16.5. The summed E-state index contributed by atoms with van der Waals surface area (Å²) in [4.78, 5) is 0. The van der Waals surface area contributed by atoms with Gasteiger partial charge in [-0.05, 0) is 42.3 Å². The molecule has 0 saturated heterocycles. The van der Waals surface area contributed by atoms with Gasteiger partial charge < -0.3 is 10.1 Å². The van der Waals surface area contributed by atoms with Gasteiger partial charge in [-0.1, -0.05) is 37.3 Å². The Hall–Kier alpha value is -1.54. The molecular weight excluding hydrogens is 234 g/mol. The molecular formula is C17H21NO. The Labute approximate surface area is 114 Å². The summed E-state index contributed by atoms with van der Waals surface area (Å²) in [5.74, 6) is 1.77. The van der Waals surface area contributed by atoms with Crippen molar-refractivity contribution in [2.75, 3.05) is 13.7 Å². The highest BCUT2D eigenvalue weighted by molar-refractivity contribution is 5.91. The van der Waals surface area contributed by atoms with Crippen molar-refractivity contribution in [3.63, 3.8) is 0 Å². The second kappa shape index (κ2) is 5.22. The number of rotatable bonds is 5. The smallest absolute Gasteiger partial charge is 0.126 e. The third-order valence-corrected chi connectivity index (χ3v) is 3.99. The highest BCUT2D eigenvalue weighted by Crippen LogP contribution is 2.43. The van der Waals surface area contributed by atoms with E-state index in [1.165, 1.54) is 29.2 Å².